The fraction of sp³-hybridized carbons (Fsp3) is 0.318. The van der Waals surface area contributed by atoms with E-state index in [1.807, 2.05) is 47.1 Å². The number of benzene rings is 1. The second kappa shape index (κ2) is 9.73. The Morgan fingerprint density at radius 2 is 1.79 bits per heavy atom. The SMILES string of the molecule is CCc1c(NC(=O)Nc2cccc(Nc3ccccc3)n2)cnn1CCC(C)C. The van der Waals surface area contributed by atoms with Crippen LogP contribution in [0.2, 0.25) is 0 Å². The van der Waals surface area contributed by atoms with Gasteiger partial charge in [0.1, 0.15) is 11.6 Å². The van der Waals surface area contributed by atoms with Crippen LogP contribution in [0.15, 0.2) is 54.7 Å². The van der Waals surface area contributed by atoms with Gasteiger partial charge >= 0.3 is 6.03 Å². The van der Waals surface area contributed by atoms with Crippen molar-refractivity contribution in [3.63, 3.8) is 0 Å². The molecule has 2 heterocycles. The molecule has 0 spiro atoms. The number of para-hydroxylation sites is 1. The second-order valence-corrected chi connectivity index (χ2v) is 7.24. The number of rotatable bonds is 8. The van der Waals surface area contributed by atoms with E-state index in [0.29, 0.717) is 17.6 Å². The average Bonchev–Trinajstić information content (AvgIpc) is 3.08. The number of nitrogens with zero attached hydrogens (tertiary/aromatic N) is 3. The van der Waals surface area contributed by atoms with Crippen molar-refractivity contribution in [3.8, 4) is 0 Å². The molecule has 2 amide bonds. The Morgan fingerprint density at radius 1 is 1.03 bits per heavy atom. The van der Waals surface area contributed by atoms with Crippen LogP contribution < -0.4 is 16.0 Å². The van der Waals surface area contributed by atoms with Crippen LogP contribution in [-0.4, -0.2) is 20.8 Å². The number of amides is 2. The number of aryl methyl sites for hydroxylation is 1. The maximum atomic E-state index is 12.5. The highest BCUT2D eigenvalue weighted by Crippen LogP contribution is 2.19. The number of carbonyl (C=O) groups is 1. The van der Waals surface area contributed by atoms with Gasteiger partial charge in [0.2, 0.25) is 0 Å². The monoisotopic (exact) mass is 392 g/mol. The molecule has 0 saturated heterocycles. The van der Waals surface area contributed by atoms with Crippen molar-refractivity contribution < 1.29 is 4.79 Å². The van der Waals surface area contributed by atoms with E-state index in [0.717, 1.165) is 36.5 Å². The summed E-state index contributed by atoms with van der Waals surface area (Å²) in [6.45, 7) is 7.29. The van der Waals surface area contributed by atoms with E-state index in [-0.39, 0.29) is 6.03 Å². The van der Waals surface area contributed by atoms with Crippen molar-refractivity contribution in [2.45, 2.75) is 40.2 Å². The molecule has 7 nitrogen and oxygen atoms in total. The van der Waals surface area contributed by atoms with Gasteiger partial charge in [-0.3, -0.25) is 10.00 Å². The van der Waals surface area contributed by atoms with Crippen molar-refractivity contribution in [1.82, 2.24) is 14.8 Å². The van der Waals surface area contributed by atoms with Crippen LogP contribution >= 0.6 is 0 Å². The maximum absolute atomic E-state index is 12.5. The van der Waals surface area contributed by atoms with Gasteiger partial charge in [-0.25, -0.2) is 9.78 Å². The van der Waals surface area contributed by atoms with E-state index in [1.54, 1.807) is 12.3 Å². The molecule has 7 heteroatoms. The van der Waals surface area contributed by atoms with E-state index in [2.05, 4.69) is 46.8 Å². The summed E-state index contributed by atoms with van der Waals surface area (Å²) in [6.07, 6.45) is 3.55. The highest BCUT2D eigenvalue weighted by Gasteiger charge is 2.13. The fourth-order valence-corrected chi connectivity index (χ4v) is 2.97. The second-order valence-electron chi connectivity index (χ2n) is 7.24. The summed E-state index contributed by atoms with van der Waals surface area (Å²) in [4.78, 5) is 16.9. The van der Waals surface area contributed by atoms with E-state index in [1.165, 1.54) is 0 Å². The van der Waals surface area contributed by atoms with Gasteiger partial charge in [0.05, 0.1) is 17.6 Å². The Morgan fingerprint density at radius 3 is 2.52 bits per heavy atom. The van der Waals surface area contributed by atoms with Gasteiger partial charge in [-0.05, 0) is 43.0 Å². The minimum absolute atomic E-state index is 0.340. The van der Waals surface area contributed by atoms with E-state index in [4.69, 9.17) is 0 Å². The summed E-state index contributed by atoms with van der Waals surface area (Å²) in [5, 5.41) is 13.3. The Hall–Kier alpha value is -3.35. The van der Waals surface area contributed by atoms with Gasteiger partial charge in [0, 0.05) is 12.2 Å². The number of hydrogen-bond donors (Lipinski definition) is 3. The predicted octanol–water partition coefficient (Wildman–Crippen LogP) is 5.27. The fourth-order valence-electron chi connectivity index (χ4n) is 2.97. The lowest BCUT2D eigenvalue weighted by Gasteiger charge is -2.11. The average molecular weight is 393 g/mol. The predicted molar refractivity (Wildman–Crippen MR) is 118 cm³/mol. The normalized spacial score (nSPS) is 10.8. The molecule has 3 aromatic rings. The van der Waals surface area contributed by atoms with Gasteiger partial charge < -0.3 is 10.6 Å². The molecular weight excluding hydrogens is 364 g/mol. The largest absolute Gasteiger partial charge is 0.340 e. The maximum Gasteiger partial charge on any atom is 0.324 e. The third-order valence-corrected chi connectivity index (χ3v) is 4.49. The summed E-state index contributed by atoms with van der Waals surface area (Å²) in [7, 11) is 0. The van der Waals surface area contributed by atoms with Crippen LogP contribution in [0.5, 0.6) is 0 Å². The van der Waals surface area contributed by atoms with E-state index in [9.17, 15) is 4.79 Å². The first-order chi connectivity index (χ1) is 14.0. The molecule has 0 atom stereocenters. The number of pyridine rings is 1. The number of anilines is 4. The highest BCUT2D eigenvalue weighted by atomic mass is 16.2. The lowest BCUT2D eigenvalue weighted by atomic mass is 10.1. The molecule has 29 heavy (non-hydrogen) atoms. The molecule has 2 aromatic heterocycles. The highest BCUT2D eigenvalue weighted by molar-refractivity contribution is 5.99. The summed E-state index contributed by atoms with van der Waals surface area (Å²) >= 11 is 0. The van der Waals surface area contributed by atoms with Crippen LogP contribution in [0.3, 0.4) is 0 Å². The van der Waals surface area contributed by atoms with Crippen molar-refractivity contribution in [2.24, 2.45) is 5.92 Å². The summed E-state index contributed by atoms with van der Waals surface area (Å²) in [5.74, 6) is 1.73. The molecule has 0 saturated carbocycles. The van der Waals surface area contributed by atoms with Gasteiger partial charge in [-0.2, -0.15) is 5.10 Å². The van der Waals surface area contributed by atoms with E-state index >= 15 is 0 Å². The van der Waals surface area contributed by atoms with Crippen LogP contribution in [-0.2, 0) is 13.0 Å². The van der Waals surface area contributed by atoms with Gasteiger partial charge in [-0.15, -0.1) is 0 Å². The zero-order chi connectivity index (χ0) is 20.6. The van der Waals surface area contributed by atoms with Crippen molar-refractivity contribution >= 4 is 29.0 Å². The molecule has 1 aromatic carbocycles. The minimum atomic E-state index is -0.340. The van der Waals surface area contributed by atoms with Crippen LogP contribution in [0.1, 0.15) is 32.9 Å². The lowest BCUT2D eigenvalue weighted by Crippen LogP contribution is -2.21. The van der Waals surface area contributed by atoms with Crippen molar-refractivity contribution in [3.05, 3.63) is 60.4 Å². The molecule has 0 unspecified atom stereocenters. The molecule has 0 bridgehead atoms. The first-order valence-electron chi connectivity index (χ1n) is 9.97. The third kappa shape index (κ3) is 5.81. The lowest BCUT2D eigenvalue weighted by molar-refractivity contribution is 0.262. The number of urea groups is 1. The first kappa shape index (κ1) is 20.4. The molecule has 0 radical (unpaired) electrons. The van der Waals surface area contributed by atoms with Crippen molar-refractivity contribution in [2.75, 3.05) is 16.0 Å². The summed E-state index contributed by atoms with van der Waals surface area (Å²) in [5.41, 5.74) is 2.68. The smallest absolute Gasteiger partial charge is 0.324 e. The Balaban J connectivity index is 1.63. The Labute approximate surface area is 171 Å². The van der Waals surface area contributed by atoms with Gasteiger partial charge in [0.25, 0.3) is 0 Å². The van der Waals surface area contributed by atoms with Crippen LogP contribution in [0.4, 0.5) is 27.8 Å². The third-order valence-electron chi connectivity index (χ3n) is 4.49. The molecule has 3 N–H and O–H groups in total. The zero-order valence-electron chi connectivity index (χ0n) is 17.1. The standard InChI is InChI=1S/C22H28N6O/c1-4-19-18(15-23-28(19)14-13-16(2)3)25-22(29)27-21-12-8-11-20(26-21)24-17-9-6-5-7-10-17/h5-12,15-16H,4,13-14H2,1-3H3,(H3,24,25,26,27,29). The summed E-state index contributed by atoms with van der Waals surface area (Å²) in [6, 6.07) is 14.9. The number of hydrogen-bond acceptors (Lipinski definition) is 4. The minimum Gasteiger partial charge on any atom is -0.340 e. The van der Waals surface area contributed by atoms with Gasteiger partial charge in [-0.1, -0.05) is 45.0 Å². The van der Waals surface area contributed by atoms with Gasteiger partial charge in [0.15, 0.2) is 0 Å². The number of nitrogens with one attached hydrogen (secondary N) is 3. The Kier molecular flexibility index (Phi) is 6.84. The first-order valence-corrected chi connectivity index (χ1v) is 9.97. The summed E-state index contributed by atoms with van der Waals surface area (Å²) < 4.78 is 1.97. The molecule has 0 aliphatic rings. The van der Waals surface area contributed by atoms with Crippen LogP contribution in [0.25, 0.3) is 0 Å². The molecular formula is C22H28N6O. The number of carbonyl (C=O) groups excluding carboxylic acids is 1. The zero-order valence-corrected chi connectivity index (χ0v) is 17.1. The molecule has 0 aliphatic heterocycles. The van der Waals surface area contributed by atoms with Crippen molar-refractivity contribution in [1.29, 1.82) is 0 Å². The molecule has 0 aliphatic carbocycles. The quantitative estimate of drug-likeness (QED) is 0.487. The van der Waals surface area contributed by atoms with Crippen LogP contribution in [0, 0.1) is 5.92 Å². The molecule has 152 valence electrons. The number of aromatic nitrogens is 3. The molecule has 3 rings (SSSR count). The molecule has 0 fully saturated rings. The Bertz CT molecular complexity index is 935. The van der Waals surface area contributed by atoms with E-state index < -0.39 is 0 Å². The topological polar surface area (TPSA) is 83.9 Å².